The van der Waals surface area contributed by atoms with E-state index in [0.717, 1.165) is 6.42 Å². The van der Waals surface area contributed by atoms with Gasteiger partial charge in [0.05, 0.1) is 0 Å². The minimum absolute atomic E-state index is 0. The summed E-state index contributed by atoms with van der Waals surface area (Å²) in [7, 11) is 0. The molecule has 48 heavy (non-hydrogen) atoms. The fraction of sp³-hybridized carbons (Fsp3) is 0.302. The summed E-state index contributed by atoms with van der Waals surface area (Å²) in [4.78, 5) is 4.98. The Morgan fingerprint density at radius 3 is 1.29 bits per heavy atom. The van der Waals surface area contributed by atoms with E-state index in [1.807, 2.05) is 12.2 Å². The molecule has 0 N–H and O–H groups in total. The van der Waals surface area contributed by atoms with E-state index < -0.39 is 0 Å². The van der Waals surface area contributed by atoms with Crippen molar-refractivity contribution in [1.82, 2.24) is 0 Å². The summed E-state index contributed by atoms with van der Waals surface area (Å²) in [5, 5.41) is 5.39. The van der Waals surface area contributed by atoms with Crippen LogP contribution in [-0.4, -0.2) is 27.4 Å². The normalized spacial score (nSPS) is 11.6. The maximum atomic E-state index is 2.99. The number of anilines is 2. The molecule has 0 bridgehead atoms. The summed E-state index contributed by atoms with van der Waals surface area (Å²) in [6.07, 6.45) is 10.0. The molecule has 5 heteroatoms. The number of hydrogen-bond acceptors (Lipinski definition) is 2. The van der Waals surface area contributed by atoms with Crippen molar-refractivity contribution < 1.29 is 49.0 Å². The molecule has 2 nitrogen and oxygen atoms in total. The van der Waals surface area contributed by atoms with Gasteiger partial charge in [0, 0.05) is 35.5 Å². The predicted octanol–water partition coefficient (Wildman–Crippen LogP) is 5.07. The van der Waals surface area contributed by atoms with Gasteiger partial charge in [0.15, 0.2) is 0 Å². The van der Waals surface area contributed by atoms with E-state index in [2.05, 4.69) is 180 Å². The second-order valence-electron chi connectivity index (χ2n) is 13.0. The third kappa shape index (κ3) is 10.8. The third-order valence-corrected chi connectivity index (χ3v) is 9.62. The molecule has 0 atom stereocenters. The van der Waals surface area contributed by atoms with Crippen LogP contribution in [0.1, 0.15) is 72.9 Å². The second-order valence-corrected chi connectivity index (χ2v) is 14.2. The van der Waals surface area contributed by atoms with Crippen LogP contribution in [0.5, 0.6) is 0 Å². The molecule has 0 fully saturated rings. The Kier molecular flexibility index (Phi) is 17.2. The summed E-state index contributed by atoms with van der Waals surface area (Å²) < 4.78 is 1.42. The number of nitrogens with zero attached hydrogens (tertiary/aromatic N) is 2. The van der Waals surface area contributed by atoms with Crippen LogP contribution < -0.4 is 34.6 Å². The molecule has 6 rings (SSSR count). The van der Waals surface area contributed by atoms with Crippen molar-refractivity contribution in [2.75, 3.05) is 9.80 Å². The van der Waals surface area contributed by atoms with Gasteiger partial charge in [-0.05, 0) is 55.4 Å². The number of fused-ring (bicyclic) bond motifs is 3. The van der Waals surface area contributed by atoms with Crippen molar-refractivity contribution in [2.24, 2.45) is 0 Å². The molecular weight excluding hydrogens is 707 g/mol. The first kappa shape index (κ1) is 41.3. The first-order valence-electron chi connectivity index (χ1n) is 16.7. The third-order valence-electron chi connectivity index (χ3n) is 8.20. The quantitative estimate of drug-likeness (QED) is 0.204. The average Bonchev–Trinajstić information content (AvgIpc) is 3.73. The van der Waals surface area contributed by atoms with Crippen LogP contribution in [0.4, 0.5) is 11.4 Å². The van der Waals surface area contributed by atoms with Gasteiger partial charge in [-0.15, -0.1) is 34.0 Å². The molecule has 252 valence electrons. The van der Waals surface area contributed by atoms with Crippen LogP contribution in [0, 0.1) is 6.08 Å². The molecule has 0 unspecified atom stereocenters. The Morgan fingerprint density at radius 2 is 1.00 bits per heavy atom. The Morgan fingerprint density at radius 1 is 0.604 bits per heavy atom. The summed E-state index contributed by atoms with van der Waals surface area (Å²) in [6.45, 7) is 18.1. The van der Waals surface area contributed by atoms with Crippen molar-refractivity contribution >= 4 is 36.1 Å². The van der Waals surface area contributed by atoms with E-state index >= 15 is 0 Å². The van der Waals surface area contributed by atoms with Crippen LogP contribution in [0.15, 0.2) is 121 Å². The monoisotopic (exact) mass is 754 g/mol. The molecule has 1 aliphatic rings. The topological polar surface area (TPSA) is 6.48 Å². The predicted molar refractivity (Wildman–Crippen MR) is 200 cm³/mol. The van der Waals surface area contributed by atoms with E-state index in [9.17, 15) is 0 Å². The molecule has 0 aromatic heterocycles. The van der Waals surface area contributed by atoms with Crippen LogP contribution in [-0.2, 0) is 24.2 Å². The first-order valence-corrected chi connectivity index (χ1v) is 17.9. The van der Waals surface area contributed by atoms with E-state index in [0.29, 0.717) is 24.2 Å². The fourth-order valence-electron chi connectivity index (χ4n) is 6.42. The Hall–Kier alpha value is -2.84. The Labute approximate surface area is 317 Å². The molecule has 0 spiro atoms. The fourth-order valence-corrected chi connectivity index (χ4v) is 7.24. The minimum atomic E-state index is 0. The maximum absolute atomic E-state index is 2.99. The van der Waals surface area contributed by atoms with Gasteiger partial charge in [-0.3, -0.25) is 6.08 Å². The summed E-state index contributed by atoms with van der Waals surface area (Å²) in [6, 6.07) is 39.3. The van der Waals surface area contributed by atoms with Gasteiger partial charge in [0.1, 0.15) is 0 Å². The SMILES string of the molecule is CC(C)N(c1ccc2c(c1)[cH-]c1cc(N(C(C)C)C(C)C)ccc12)C(C)C.[C-]1=CC=CC1.[Cl-].[Cl-].[Zr+2]=[C](c1ccccc1)c1ccccc1. The second kappa shape index (κ2) is 20.0. The van der Waals surface area contributed by atoms with Crippen molar-refractivity contribution in [2.45, 2.75) is 86.0 Å². The zero-order valence-electron chi connectivity index (χ0n) is 29.7. The zero-order chi connectivity index (χ0) is 33.2. The Bertz CT molecular complexity index is 1610. The molecule has 0 saturated carbocycles. The van der Waals surface area contributed by atoms with Gasteiger partial charge in [-0.2, -0.15) is 6.08 Å². The number of benzene rings is 4. The van der Waals surface area contributed by atoms with Gasteiger partial charge < -0.3 is 34.6 Å². The number of allylic oxidation sites excluding steroid dienone is 4. The summed E-state index contributed by atoms with van der Waals surface area (Å²) in [5.74, 6) is 0. The molecule has 0 radical (unpaired) electrons. The van der Waals surface area contributed by atoms with Gasteiger partial charge >= 0.3 is 99.2 Å². The molecule has 5 aromatic rings. The van der Waals surface area contributed by atoms with Crippen LogP contribution in [0.2, 0.25) is 0 Å². The summed E-state index contributed by atoms with van der Waals surface area (Å²) >= 11 is 1.46. The van der Waals surface area contributed by atoms with Crippen LogP contribution in [0.3, 0.4) is 0 Å². The van der Waals surface area contributed by atoms with Gasteiger partial charge in [-0.1, -0.05) is 36.4 Å². The Balaban J connectivity index is 0.000000317. The molecule has 0 aliphatic heterocycles. The van der Waals surface area contributed by atoms with Crippen molar-refractivity contribution in [1.29, 1.82) is 0 Å². The van der Waals surface area contributed by atoms with Crippen molar-refractivity contribution in [3.63, 3.8) is 0 Å². The van der Waals surface area contributed by atoms with Crippen molar-refractivity contribution in [3.8, 4) is 0 Å². The molecule has 0 saturated heterocycles. The molecule has 1 aliphatic carbocycles. The van der Waals surface area contributed by atoms with Crippen LogP contribution in [0.25, 0.3) is 21.5 Å². The number of rotatable bonds is 8. The van der Waals surface area contributed by atoms with Crippen LogP contribution >= 0.6 is 0 Å². The van der Waals surface area contributed by atoms with Gasteiger partial charge in [-0.25, -0.2) is 12.2 Å². The zero-order valence-corrected chi connectivity index (χ0v) is 33.7. The number of hydrogen-bond donors (Lipinski definition) is 0. The average molecular weight is 757 g/mol. The van der Waals surface area contributed by atoms with E-state index in [-0.39, 0.29) is 24.8 Å². The standard InChI is InChI=1S/C25H35N2.C13H10.C5H5.2ClH.Zr/c1-16(2)26(17(3)4)22-9-11-24-20(14-22)13-21-15-23(10-12-25(21)24)27(18(5)6)19(7)8;1-3-7-12(8-4-1)11-13-9-5-2-6-10-13;1-2-4-5-3-1;;;/h9-19H,1-8H3;1-10H;1-3H,4H2;2*1H;/q-1;;-1;;;+2/p-2. The number of halogens is 2. The van der Waals surface area contributed by atoms with E-state index in [1.165, 1.54) is 71.5 Å². The molecule has 0 heterocycles. The molecule has 0 amide bonds. The van der Waals surface area contributed by atoms with Gasteiger partial charge in [0.2, 0.25) is 0 Å². The van der Waals surface area contributed by atoms with E-state index in [1.54, 1.807) is 0 Å². The molecular formula is C43H50Cl2N2Zr-2. The summed E-state index contributed by atoms with van der Waals surface area (Å²) in [5.41, 5.74) is 5.29. The van der Waals surface area contributed by atoms with Crippen molar-refractivity contribution in [3.05, 3.63) is 139 Å². The van der Waals surface area contributed by atoms with E-state index in [4.69, 9.17) is 0 Å². The van der Waals surface area contributed by atoms with Gasteiger partial charge in [0.25, 0.3) is 0 Å². The first-order chi connectivity index (χ1) is 22.1. The molecule has 5 aromatic carbocycles.